The number of amides is 1. The van der Waals surface area contributed by atoms with Crippen LogP contribution < -0.4 is 10.4 Å². The van der Waals surface area contributed by atoms with E-state index in [0.29, 0.717) is 11.6 Å². The summed E-state index contributed by atoms with van der Waals surface area (Å²) in [6.07, 6.45) is 4.53. The van der Waals surface area contributed by atoms with Gasteiger partial charge in [0, 0.05) is 11.9 Å². The Morgan fingerprint density at radius 2 is 2.10 bits per heavy atom. The molecule has 0 aliphatic heterocycles. The highest BCUT2D eigenvalue weighted by atomic mass is 32.2. The van der Waals surface area contributed by atoms with E-state index in [-0.39, 0.29) is 17.7 Å². The summed E-state index contributed by atoms with van der Waals surface area (Å²) in [6, 6.07) is 0. The van der Waals surface area contributed by atoms with Gasteiger partial charge in [0.25, 0.3) is 0 Å². The molecule has 1 aromatic rings. The van der Waals surface area contributed by atoms with Crippen LogP contribution >= 0.6 is 23.1 Å². The Balaban J connectivity index is 1.72. The number of carbonyl (C=O) groups excluding carboxylic acids is 2. The number of hydrogen-bond donors (Lipinski definition) is 1. The van der Waals surface area contributed by atoms with Crippen LogP contribution in [-0.2, 0) is 9.59 Å². The molecule has 0 aromatic carbocycles. The summed E-state index contributed by atoms with van der Waals surface area (Å²) in [5, 5.41) is 22.3. The first kappa shape index (κ1) is 14.5. The number of carboxylic acid groups (broad SMARTS) is 1. The number of nitrogens with one attached hydrogen (secondary N) is 1. The first-order chi connectivity index (χ1) is 10.1. The lowest BCUT2D eigenvalue weighted by atomic mass is 9.82. The Morgan fingerprint density at radius 3 is 2.76 bits per heavy atom. The highest BCUT2D eigenvalue weighted by molar-refractivity contribution is 8.01. The zero-order valence-corrected chi connectivity index (χ0v) is 12.9. The van der Waals surface area contributed by atoms with Crippen molar-refractivity contribution in [2.75, 3.05) is 11.1 Å². The maximum absolute atomic E-state index is 12.4. The molecule has 1 heterocycles. The van der Waals surface area contributed by atoms with Crippen LogP contribution in [0.3, 0.4) is 0 Å². The number of fused-ring (bicyclic) bond motifs is 2. The van der Waals surface area contributed by atoms with Crippen LogP contribution in [0.1, 0.15) is 13.3 Å². The second kappa shape index (κ2) is 5.76. The summed E-state index contributed by atoms with van der Waals surface area (Å²) in [7, 11) is 0. The largest absolute Gasteiger partial charge is 0.550 e. The molecule has 6 nitrogen and oxygen atoms in total. The van der Waals surface area contributed by atoms with Gasteiger partial charge in [0.15, 0.2) is 4.34 Å². The molecule has 0 saturated heterocycles. The zero-order valence-electron chi connectivity index (χ0n) is 11.3. The minimum Gasteiger partial charge on any atom is -0.550 e. The summed E-state index contributed by atoms with van der Waals surface area (Å²) in [4.78, 5) is 23.7. The maximum atomic E-state index is 12.4. The van der Waals surface area contributed by atoms with Crippen molar-refractivity contribution in [2.24, 2.45) is 23.7 Å². The second-order valence-electron chi connectivity index (χ2n) is 5.11. The molecule has 8 heteroatoms. The molecule has 2 aliphatic rings. The summed E-state index contributed by atoms with van der Waals surface area (Å²) >= 11 is 2.85. The van der Waals surface area contributed by atoms with Crippen molar-refractivity contribution in [2.45, 2.75) is 17.7 Å². The minimum atomic E-state index is -1.15. The molecule has 0 unspecified atom stereocenters. The van der Waals surface area contributed by atoms with Crippen molar-refractivity contribution in [3.05, 3.63) is 12.2 Å². The van der Waals surface area contributed by atoms with Crippen molar-refractivity contribution < 1.29 is 14.7 Å². The van der Waals surface area contributed by atoms with E-state index in [9.17, 15) is 14.7 Å². The Labute approximate surface area is 130 Å². The normalized spacial score (nSPS) is 29.8. The molecule has 112 valence electrons. The number of carboxylic acids is 1. The summed E-state index contributed by atoms with van der Waals surface area (Å²) in [5.41, 5.74) is 0. The number of thioether (sulfide) groups is 1. The highest BCUT2D eigenvalue weighted by Gasteiger charge is 2.48. The van der Waals surface area contributed by atoms with Gasteiger partial charge >= 0.3 is 0 Å². The summed E-state index contributed by atoms with van der Waals surface area (Å²) < 4.78 is 0.789. The van der Waals surface area contributed by atoms with Crippen molar-refractivity contribution in [1.29, 1.82) is 0 Å². The minimum absolute atomic E-state index is 0.0182. The van der Waals surface area contributed by atoms with Gasteiger partial charge in [0.05, 0.1) is 5.92 Å². The molecule has 4 atom stereocenters. The van der Waals surface area contributed by atoms with Crippen molar-refractivity contribution >= 4 is 40.1 Å². The second-order valence-corrected chi connectivity index (χ2v) is 7.60. The summed E-state index contributed by atoms with van der Waals surface area (Å²) in [5.74, 6) is -1.98. The topological polar surface area (TPSA) is 95.0 Å². The molecule has 1 fully saturated rings. The monoisotopic (exact) mass is 324 g/mol. The standard InChI is InChI=1S/C13H15N3O3S2/c1-2-20-13-16-15-12(21-13)14-10(17)8-6-3-4-7(5-6)9(8)11(18)19/h3-4,6-9H,2,5H2,1H3,(H,18,19)(H,14,15,17)/p-1/t6-,7-,8-,9-/m0/s1. The quantitative estimate of drug-likeness (QED) is 0.488. The van der Waals surface area contributed by atoms with Gasteiger partial charge in [0.2, 0.25) is 11.0 Å². The number of aromatic nitrogens is 2. The fourth-order valence-corrected chi connectivity index (χ4v) is 4.78. The third-order valence-corrected chi connectivity index (χ3v) is 5.79. The number of nitrogens with zero attached hydrogens (tertiary/aromatic N) is 2. The molecular weight excluding hydrogens is 310 g/mol. The average molecular weight is 324 g/mol. The number of allylic oxidation sites excluding steroid dienone is 2. The van der Waals surface area contributed by atoms with Crippen LogP contribution in [-0.4, -0.2) is 27.8 Å². The lowest BCUT2D eigenvalue weighted by Gasteiger charge is -2.27. The molecule has 2 aliphatic carbocycles. The van der Waals surface area contributed by atoms with E-state index in [1.165, 1.54) is 11.3 Å². The molecule has 1 amide bonds. The van der Waals surface area contributed by atoms with Gasteiger partial charge in [-0.15, -0.1) is 10.2 Å². The Bertz CT molecular complexity index is 601. The van der Waals surface area contributed by atoms with Crippen LogP contribution in [0, 0.1) is 23.7 Å². The first-order valence-electron chi connectivity index (χ1n) is 6.76. The predicted octanol–water partition coefficient (Wildman–Crippen LogP) is 0.777. The first-order valence-corrected chi connectivity index (χ1v) is 8.56. The lowest BCUT2D eigenvalue weighted by molar-refractivity contribution is -0.313. The molecule has 1 N–H and O–H groups in total. The Hall–Kier alpha value is -1.41. The Kier molecular flexibility index (Phi) is 3.99. The van der Waals surface area contributed by atoms with E-state index in [4.69, 9.17) is 0 Å². The third-order valence-electron chi connectivity index (χ3n) is 3.94. The van der Waals surface area contributed by atoms with Gasteiger partial charge < -0.3 is 15.2 Å². The predicted molar refractivity (Wildman–Crippen MR) is 77.7 cm³/mol. The lowest BCUT2D eigenvalue weighted by Crippen LogP contribution is -2.42. The van der Waals surface area contributed by atoms with Gasteiger partial charge in [-0.1, -0.05) is 42.2 Å². The number of hydrogen-bond acceptors (Lipinski definition) is 7. The van der Waals surface area contributed by atoms with Gasteiger partial charge in [-0.2, -0.15) is 0 Å². The SMILES string of the molecule is CCSc1nnc(NC(=O)[C@@H]2[C@@H](C(=O)[O-])[C@H]3C=C[C@H]2C3)s1. The highest BCUT2D eigenvalue weighted by Crippen LogP contribution is 2.48. The average Bonchev–Trinajstić information content (AvgIpc) is 3.13. The van der Waals surface area contributed by atoms with Crippen molar-refractivity contribution in [3.8, 4) is 0 Å². The molecule has 0 spiro atoms. The van der Waals surface area contributed by atoms with Crippen molar-refractivity contribution in [1.82, 2.24) is 10.2 Å². The molecule has 21 heavy (non-hydrogen) atoms. The van der Waals surface area contributed by atoms with Crippen LogP contribution in [0.2, 0.25) is 0 Å². The fraction of sp³-hybridized carbons (Fsp3) is 0.538. The van der Waals surface area contributed by atoms with Gasteiger partial charge in [-0.25, -0.2) is 0 Å². The number of anilines is 1. The molecule has 1 saturated carbocycles. The van der Waals surface area contributed by atoms with Crippen LogP contribution in [0.4, 0.5) is 5.13 Å². The van der Waals surface area contributed by atoms with E-state index in [0.717, 1.165) is 10.1 Å². The van der Waals surface area contributed by atoms with E-state index in [1.807, 2.05) is 19.1 Å². The van der Waals surface area contributed by atoms with Crippen LogP contribution in [0.25, 0.3) is 0 Å². The third kappa shape index (κ3) is 2.69. The number of rotatable bonds is 5. The van der Waals surface area contributed by atoms with Crippen LogP contribution in [0.15, 0.2) is 16.5 Å². The van der Waals surface area contributed by atoms with E-state index in [2.05, 4.69) is 15.5 Å². The molecule has 2 bridgehead atoms. The van der Waals surface area contributed by atoms with Crippen LogP contribution in [0.5, 0.6) is 0 Å². The maximum Gasteiger partial charge on any atom is 0.230 e. The van der Waals surface area contributed by atoms with Gasteiger partial charge in [-0.3, -0.25) is 4.79 Å². The van der Waals surface area contributed by atoms with E-state index in [1.54, 1.807) is 11.8 Å². The van der Waals surface area contributed by atoms with Crippen molar-refractivity contribution in [3.63, 3.8) is 0 Å². The molecular formula is C13H14N3O3S2-. The molecule has 3 rings (SSSR count). The number of carbonyl (C=O) groups is 2. The zero-order chi connectivity index (χ0) is 15.0. The molecule has 0 radical (unpaired) electrons. The smallest absolute Gasteiger partial charge is 0.230 e. The molecule has 1 aromatic heterocycles. The van der Waals surface area contributed by atoms with E-state index >= 15 is 0 Å². The van der Waals surface area contributed by atoms with Gasteiger partial charge in [0.1, 0.15) is 0 Å². The number of aliphatic carboxylic acids is 1. The Morgan fingerprint density at radius 1 is 1.38 bits per heavy atom. The summed E-state index contributed by atoms with van der Waals surface area (Å²) in [6.45, 7) is 2.01. The van der Waals surface area contributed by atoms with Gasteiger partial charge in [-0.05, 0) is 24.0 Å². The fourth-order valence-electron chi connectivity index (χ4n) is 3.13. The van der Waals surface area contributed by atoms with E-state index < -0.39 is 17.8 Å².